The van der Waals surface area contributed by atoms with E-state index in [9.17, 15) is 19.4 Å². The largest absolute Gasteiger partial charge is 0.472 e. The highest BCUT2D eigenvalue weighted by molar-refractivity contribution is 7.47. The molecule has 0 aliphatic carbocycles. The fraction of sp³-hybridized carbons (Fsp3) is 0.500. The summed E-state index contributed by atoms with van der Waals surface area (Å²) >= 11 is 0. The molecule has 2 aromatic heterocycles. The zero-order valence-corrected chi connectivity index (χ0v) is 12.3. The minimum absolute atomic E-state index is 0.0650. The van der Waals surface area contributed by atoms with Gasteiger partial charge in [-0.1, -0.05) is 0 Å². The van der Waals surface area contributed by atoms with Crippen LogP contribution in [-0.2, 0) is 18.3 Å². The highest BCUT2D eigenvalue weighted by Gasteiger charge is 2.53. The number of nitrogens with one attached hydrogen (secondary N) is 1. The number of aromatic amines is 1. The third-order valence-corrected chi connectivity index (χ3v) is 4.74. The molecule has 13 heteroatoms. The van der Waals surface area contributed by atoms with E-state index in [0.29, 0.717) is 0 Å². The molecule has 5 atom stereocenters. The minimum atomic E-state index is -4.25. The number of ether oxygens (including phenoxy) is 1. The van der Waals surface area contributed by atoms with Gasteiger partial charge in [-0.05, 0) is 0 Å². The Morgan fingerprint density at radius 1 is 1.48 bits per heavy atom. The third-order valence-electron chi connectivity index (χ3n) is 3.76. The van der Waals surface area contributed by atoms with E-state index in [1.54, 1.807) is 0 Å². The molecule has 0 bridgehead atoms. The number of aliphatic hydroxyl groups is 1. The van der Waals surface area contributed by atoms with E-state index in [1.807, 2.05) is 0 Å². The number of hydrogen-bond acceptors (Lipinski definition) is 9. The highest BCUT2D eigenvalue weighted by Crippen LogP contribution is 2.52. The molecule has 12 nitrogen and oxygen atoms in total. The Hall–Kier alpha value is -1.82. The Bertz CT molecular complexity index is 880. The Morgan fingerprint density at radius 3 is 3.04 bits per heavy atom. The maximum Gasteiger partial charge on any atom is 0.472 e. The number of nitrogens with two attached hydrogens (primary N) is 1. The molecule has 0 amide bonds. The fourth-order valence-corrected chi connectivity index (χ4v) is 3.70. The van der Waals surface area contributed by atoms with Gasteiger partial charge in [-0.3, -0.25) is 9.05 Å². The Balaban J connectivity index is 1.78. The lowest BCUT2D eigenvalue weighted by atomic mass is 10.1. The van der Waals surface area contributed by atoms with Gasteiger partial charge in [0.2, 0.25) is 0 Å². The molecule has 2 aromatic rings. The van der Waals surface area contributed by atoms with Crippen LogP contribution in [-0.4, -0.2) is 54.4 Å². The zero-order chi connectivity index (χ0) is 16.4. The highest BCUT2D eigenvalue weighted by atomic mass is 31.2. The van der Waals surface area contributed by atoms with Gasteiger partial charge in [0.25, 0.3) is 0 Å². The van der Waals surface area contributed by atoms with Crippen LogP contribution in [0.15, 0.2) is 11.1 Å². The number of rotatable bonds is 1. The standard InChI is InChI=1S/C10H12N5O7P/c11-7-4-8(13-2-12-7)15(10(17)14-4)9-5(16)6-3(21-9)1-20-23(18,19)22-6/h2-3,5-6,9,16H,1H2,(H,14,17)(H,18,19)(H2,11,12,13)/t3-,5-,6-,9-/m1/s1. The second-order valence-corrected chi connectivity index (χ2v) is 6.55. The quantitative estimate of drug-likeness (QED) is 0.444. The molecule has 2 aliphatic heterocycles. The van der Waals surface area contributed by atoms with Crippen LogP contribution < -0.4 is 11.4 Å². The van der Waals surface area contributed by atoms with Crippen molar-refractivity contribution in [3.05, 3.63) is 16.8 Å². The van der Waals surface area contributed by atoms with Crippen LogP contribution in [0.3, 0.4) is 0 Å². The van der Waals surface area contributed by atoms with Crippen LogP contribution in [0, 0.1) is 0 Å². The zero-order valence-electron chi connectivity index (χ0n) is 11.4. The summed E-state index contributed by atoms with van der Waals surface area (Å²) in [5, 5.41) is 10.4. The molecule has 4 heterocycles. The molecule has 0 radical (unpaired) electrons. The first kappa shape index (κ1) is 14.8. The van der Waals surface area contributed by atoms with Crippen LogP contribution in [0.5, 0.6) is 0 Å². The summed E-state index contributed by atoms with van der Waals surface area (Å²) in [5.74, 6) is 0.0650. The lowest BCUT2D eigenvalue weighted by Gasteiger charge is -2.27. The van der Waals surface area contributed by atoms with Crippen LogP contribution in [0.25, 0.3) is 11.2 Å². The summed E-state index contributed by atoms with van der Waals surface area (Å²) in [6.07, 6.45) is -3.31. The number of phosphoric acid groups is 1. The molecular weight excluding hydrogens is 333 g/mol. The smallest absolute Gasteiger partial charge is 0.386 e. The summed E-state index contributed by atoms with van der Waals surface area (Å²) in [7, 11) is -4.25. The van der Waals surface area contributed by atoms with Gasteiger partial charge in [0.1, 0.15) is 30.2 Å². The number of nitrogen functional groups attached to an aromatic ring is 1. The number of phosphoric ester groups is 1. The van der Waals surface area contributed by atoms with Gasteiger partial charge in [-0.15, -0.1) is 0 Å². The number of H-pyrrole nitrogens is 1. The van der Waals surface area contributed by atoms with Crippen molar-refractivity contribution in [1.29, 1.82) is 0 Å². The van der Waals surface area contributed by atoms with Gasteiger partial charge >= 0.3 is 13.5 Å². The number of aliphatic hydroxyl groups excluding tert-OH is 1. The van der Waals surface area contributed by atoms with Crippen molar-refractivity contribution in [3.8, 4) is 0 Å². The van der Waals surface area contributed by atoms with Crippen molar-refractivity contribution >= 4 is 24.8 Å². The predicted molar refractivity (Wildman–Crippen MR) is 73.1 cm³/mol. The normalized spacial score (nSPS) is 37.1. The number of hydrogen-bond donors (Lipinski definition) is 4. The molecule has 2 saturated heterocycles. The Labute approximate surface area is 127 Å². The SMILES string of the molecule is Nc1ncnc2c1[nH]c(=O)n2[C@@H]1O[C@@H]2COP(=O)(O)O[C@H]2[C@H]1O. The molecule has 124 valence electrons. The van der Waals surface area contributed by atoms with Crippen molar-refractivity contribution in [1.82, 2.24) is 19.5 Å². The second kappa shape index (κ2) is 4.84. The lowest BCUT2D eigenvalue weighted by molar-refractivity contribution is -0.0671. The summed E-state index contributed by atoms with van der Waals surface area (Å²) in [6, 6.07) is 0. The number of nitrogens with zero attached hydrogens (tertiary/aromatic N) is 3. The van der Waals surface area contributed by atoms with E-state index in [1.165, 1.54) is 0 Å². The van der Waals surface area contributed by atoms with E-state index in [-0.39, 0.29) is 23.6 Å². The van der Waals surface area contributed by atoms with Crippen LogP contribution in [0.1, 0.15) is 6.23 Å². The number of anilines is 1. The van der Waals surface area contributed by atoms with Gasteiger partial charge in [-0.25, -0.2) is 23.9 Å². The summed E-state index contributed by atoms with van der Waals surface area (Å²) in [6.45, 7) is -0.250. The molecule has 0 saturated carbocycles. The van der Waals surface area contributed by atoms with E-state index < -0.39 is 38.1 Å². The second-order valence-electron chi connectivity index (χ2n) is 5.15. The Kier molecular flexibility index (Phi) is 3.10. The van der Waals surface area contributed by atoms with Crippen LogP contribution >= 0.6 is 7.82 Å². The van der Waals surface area contributed by atoms with Gasteiger partial charge in [0, 0.05) is 0 Å². The van der Waals surface area contributed by atoms with Gasteiger partial charge in [-0.2, -0.15) is 0 Å². The lowest BCUT2D eigenvalue weighted by Crippen LogP contribution is -2.39. The van der Waals surface area contributed by atoms with Crippen molar-refractivity contribution in [2.75, 3.05) is 12.3 Å². The fourth-order valence-electron chi connectivity index (χ4n) is 2.74. The number of imidazole rings is 1. The maximum absolute atomic E-state index is 12.2. The third kappa shape index (κ3) is 2.19. The first-order valence-electron chi connectivity index (χ1n) is 6.57. The molecule has 4 rings (SSSR count). The van der Waals surface area contributed by atoms with E-state index in [0.717, 1.165) is 10.9 Å². The minimum Gasteiger partial charge on any atom is -0.386 e. The van der Waals surface area contributed by atoms with Crippen molar-refractivity contribution < 1.29 is 28.3 Å². The molecule has 23 heavy (non-hydrogen) atoms. The monoisotopic (exact) mass is 345 g/mol. The van der Waals surface area contributed by atoms with Gasteiger partial charge < -0.3 is 25.5 Å². The van der Waals surface area contributed by atoms with Crippen molar-refractivity contribution in [2.24, 2.45) is 0 Å². The van der Waals surface area contributed by atoms with E-state index in [4.69, 9.17) is 15.0 Å². The maximum atomic E-state index is 12.2. The number of aromatic nitrogens is 4. The average Bonchev–Trinajstić information content (AvgIpc) is 2.97. The number of fused-ring (bicyclic) bond motifs is 2. The molecule has 0 aromatic carbocycles. The van der Waals surface area contributed by atoms with Gasteiger partial charge in [0.05, 0.1) is 6.61 Å². The molecular formula is C10H12N5O7P. The topological polar surface area (TPSA) is 175 Å². The average molecular weight is 345 g/mol. The van der Waals surface area contributed by atoms with E-state index in [2.05, 4.69) is 19.5 Å². The van der Waals surface area contributed by atoms with Crippen molar-refractivity contribution in [3.63, 3.8) is 0 Å². The Morgan fingerprint density at radius 2 is 2.26 bits per heavy atom. The van der Waals surface area contributed by atoms with Crippen LogP contribution in [0.2, 0.25) is 0 Å². The van der Waals surface area contributed by atoms with Gasteiger partial charge in [0.15, 0.2) is 17.7 Å². The van der Waals surface area contributed by atoms with E-state index >= 15 is 0 Å². The molecule has 5 N–H and O–H groups in total. The summed E-state index contributed by atoms with van der Waals surface area (Å²) in [4.78, 5) is 31.7. The molecule has 1 unspecified atom stereocenters. The van der Waals surface area contributed by atoms with Crippen LogP contribution in [0.4, 0.5) is 5.82 Å². The molecule has 2 fully saturated rings. The first-order chi connectivity index (χ1) is 10.9. The summed E-state index contributed by atoms with van der Waals surface area (Å²) in [5.41, 5.74) is 5.39. The first-order valence-corrected chi connectivity index (χ1v) is 8.07. The van der Waals surface area contributed by atoms with Crippen molar-refractivity contribution in [2.45, 2.75) is 24.5 Å². The molecule has 2 aliphatic rings. The molecule has 0 spiro atoms. The summed E-state index contributed by atoms with van der Waals surface area (Å²) < 4.78 is 27.6. The predicted octanol–water partition coefficient (Wildman–Crippen LogP) is -1.52.